The second-order valence-corrected chi connectivity index (χ2v) is 5.44. The Morgan fingerprint density at radius 2 is 2.05 bits per heavy atom. The second kappa shape index (κ2) is 6.70. The fraction of sp³-hybridized carbons (Fsp3) is 0.188. The van der Waals surface area contributed by atoms with Crippen LogP contribution in [0.5, 0.6) is 11.5 Å². The Balaban J connectivity index is 2.47. The number of rotatable bonds is 4. The summed E-state index contributed by atoms with van der Waals surface area (Å²) in [6, 6.07) is 11.9. The molecule has 0 aliphatic heterocycles. The van der Waals surface area contributed by atoms with Crippen LogP contribution in [0, 0.1) is 17.1 Å². The fourth-order valence-electron chi connectivity index (χ4n) is 1.93. The zero-order valence-corrected chi connectivity index (χ0v) is 13.2. The molecule has 108 valence electrons. The Hall–Kier alpha value is -1.90. The zero-order valence-electron chi connectivity index (χ0n) is 11.7. The van der Waals surface area contributed by atoms with Crippen LogP contribution in [0.2, 0.25) is 0 Å². The Labute approximate surface area is 131 Å². The molecular formula is C16H14BrFN2O. The van der Waals surface area contributed by atoms with Crippen molar-refractivity contribution in [3.8, 4) is 17.6 Å². The van der Waals surface area contributed by atoms with Gasteiger partial charge >= 0.3 is 0 Å². The molecule has 0 saturated carbocycles. The molecule has 1 N–H and O–H groups in total. The molecule has 2 rings (SSSR count). The maximum absolute atomic E-state index is 13.6. The first kappa shape index (κ1) is 15.5. The summed E-state index contributed by atoms with van der Waals surface area (Å²) >= 11 is 3.39. The molecule has 5 heteroatoms. The van der Waals surface area contributed by atoms with Gasteiger partial charge in [-0.05, 0) is 38.2 Å². The standard InChI is InChI=1S/C16H14BrFN2O/c1-10(20-2)12-7-6-11(17)8-16(12)21-15-5-3-4-14(18)13(15)9-19/h3-8,10,20H,1-2H3. The quantitative estimate of drug-likeness (QED) is 0.882. The Kier molecular flexibility index (Phi) is 4.94. The molecule has 0 radical (unpaired) electrons. The molecule has 0 heterocycles. The molecule has 0 amide bonds. The van der Waals surface area contributed by atoms with E-state index in [9.17, 15) is 4.39 Å². The van der Waals surface area contributed by atoms with Crippen molar-refractivity contribution in [2.24, 2.45) is 0 Å². The summed E-state index contributed by atoms with van der Waals surface area (Å²) in [5.74, 6) is 0.196. The van der Waals surface area contributed by atoms with E-state index in [1.54, 1.807) is 12.1 Å². The number of hydrogen-bond donors (Lipinski definition) is 1. The summed E-state index contributed by atoms with van der Waals surface area (Å²) in [7, 11) is 1.85. The van der Waals surface area contributed by atoms with Crippen LogP contribution in [0.1, 0.15) is 24.1 Å². The van der Waals surface area contributed by atoms with Gasteiger partial charge in [0.05, 0.1) is 0 Å². The lowest BCUT2D eigenvalue weighted by Gasteiger charge is -2.17. The lowest BCUT2D eigenvalue weighted by atomic mass is 10.1. The SMILES string of the molecule is CNC(C)c1ccc(Br)cc1Oc1cccc(F)c1C#N. The molecule has 3 nitrogen and oxygen atoms in total. The van der Waals surface area contributed by atoms with E-state index in [4.69, 9.17) is 10.00 Å². The molecule has 2 aromatic carbocycles. The van der Waals surface area contributed by atoms with Crippen LogP contribution in [0.4, 0.5) is 4.39 Å². The van der Waals surface area contributed by atoms with Crippen molar-refractivity contribution in [2.45, 2.75) is 13.0 Å². The van der Waals surface area contributed by atoms with Crippen molar-refractivity contribution in [2.75, 3.05) is 7.05 Å². The average Bonchev–Trinajstić information content (AvgIpc) is 2.47. The van der Waals surface area contributed by atoms with Gasteiger partial charge in [-0.2, -0.15) is 5.26 Å². The highest BCUT2D eigenvalue weighted by Crippen LogP contribution is 2.34. The largest absolute Gasteiger partial charge is 0.455 e. The third-order valence-electron chi connectivity index (χ3n) is 3.18. The smallest absolute Gasteiger partial charge is 0.148 e. The molecule has 1 atom stereocenters. The third kappa shape index (κ3) is 3.41. The first-order chi connectivity index (χ1) is 10.1. The average molecular weight is 349 g/mol. The van der Waals surface area contributed by atoms with Crippen molar-refractivity contribution in [1.29, 1.82) is 5.26 Å². The lowest BCUT2D eigenvalue weighted by molar-refractivity contribution is 0.459. The molecule has 21 heavy (non-hydrogen) atoms. The predicted molar refractivity (Wildman–Crippen MR) is 82.8 cm³/mol. The Bertz CT molecular complexity index is 697. The first-order valence-corrected chi connectivity index (χ1v) is 7.19. The van der Waals surface area contributed by atoms with Gasteiger partial charge in [-0.1, -0.05) is 28.1 Å². The van der Waals surface area contributed by atoms with Crippen LogP contribution in [0.3, 0.4) is 0 Å². The number of nitrogens with one attached hydrogen (secondary N) is 1. The molecule has 0 aliphatic rings. The van der Waals surface area contributed by atoms with Crippen molar-refractivity contribution in [3.63, 3.8) is 0 Å². The Morgan fingerprint density at radius 1 is 1.29 bits per heavy atom. The van der Waals surface area contributed by atoms with Crippen LogP contribution < -0.4 is 10.1 Å². The summed E-state index contributed by atoms with van der Waals surface area (Å²) in [5.41, 5.74) is 0.828. The Morgan fingerprint density at radius 3 is 2.71 bits per heavy atom. The van der Waals surface area contributed by atoms with E-state index in [1.807, 2.05) is 32.2 Å². The molecule has 0 fully saturated rings. The molecule has 1 unspecified atom stereocenters. The van der Waals surface area contributed by atoms with Gasteiger partial charge in [0.15, 0.2) is 0 Å². The molecule has 0 aromatic heterocycles. The molecule has 0 spiro atoms. The monoisotopic (exact) mass is 348 g/mol. The van der Waals surface area contributed by atoms with E-state index >= 15 is 0 Å². The molecule has 2 aromatic rings. The van der Waals surface area contributed by atoms with E-state index in [-0.39, 0.29) is 17.4 Å². The van der Waals surface area contributed by atoms with Crippen molar-refractivity contribution in [1.82, 2.24) is 5.32 Å². The maximum Gasteiger partial charge on any atom is 0.148 e. The van der Waals surface area contributed by atoms with Gasteiger partial charge in [-0.3, -0.25) is 0 Å². The molecule has 0 aliphatic carbocycles. The van der Waals surface area contributed by atoms with Crippen molar-refractivity contribution in [3.05, 3.63) is 57.8 Å². The molecule has 0 saturated heterocycles. The summed E-state index contributed by atoms with van der Waals surface area (Å²) in [6.45, 7) is 1.99. The van der Waals surface area contributed by atoms with E-state index in [2.05, 4.69) is 21.2 Å². The van der Waals surface area contributed by atoms with Gasteiger partial charge in [0.1, 0.15) is 28.9 Å². The van der Waals surface area contributed by atoms with Crippen LogP contribution in [-0.4, -0.2) is 7.05 Å². The van der Waals surface area contributed by atoms with Crippen molar-refractivity contribution >= 4 is 15.9 Å². The van der Waals surface area contributed by atoms with E-state index in [0.29, 0.717) is 5.75 Å². The zero-order chi connectivity index (χ0) is 15.4. The number of halogens is 2. The van der Waals surface area contributed by atoms with Crippen molar-refractivity contribution < 1.29 is 9.13 Å². The normalized spacial score (nSPS) is 11.8. The van der Waals surface area contributed by atoms with E-state index < -0.39 is 5.82 Å². The van der Waals surface area contributed by atoms with Gasteiger partial charge in [0.25, 0.3) is 0 Å². The third-order valence-corrected chi connectivity index (χ3v) is 3.68. The fourth-order valence-corrected chi connectivity index (χ4v) is 2.27. The first-order valence-electron chi connectivity index (χ1n) is 6.40. The second-order valence-electron chi connectivity index (χ2n) is 4.52. The molecule has 0 bridgehead atoms. The van der Waals surface area contributed by atoms with Crippen LogP contribution >= 0.6 is 15.9 Å². The summed E-state index contributed by atoms with van der Waals surface area (Å²) in [5, 5.41) is 12.2. The van der Waals surface area contributed by atoms with Gasteiger partial charge in [-0.15, -0.1) is 0 Å². The number of nitrogens with zero attached hydrogens (tertiary/aromatic N) is 1. The highest BCUT2D eigenvalue weighted by atomic mass is 79.9. The maximum atomic E-state index is 13.6. The molecular weight excluding hydrogens is 335 g/mol. The number of benzene rings is 2. The lowest BCUT2D eigenvalue weighted by Crippen LogP contribution is -2.13. The van der Waals surface area contributed by atoms with Gasteiger partial charge in [0.2, 0.25) is 0 Å². The number of ether oxygens (including phenoxy) is 1. The number of hydrogen-bond acceptors (Lipinski definition) is 3. The highest BCUT2D eigenvalue weighted by molar-refractivity contribution is 9.10. The van der Waals surface area contributed by atoms with Crippen LogP contribution in [0.25, 0.3) is 0 Å². The minimum atomic E-state index is -0.590. The van der Waals surface area contributed by atoms with Crippen LogP contribution in [0.15, 0.2) is 40.9 Å². The van der Waals surface area contributed by atoms with E-state index in [1.165, 1.54) is 12.1 Å². The summed E-state index contributed by atoms with van der Waals surface area (Å²) in [4.78, 5) is 0. The van der Waals surface area contributed by atoms with Gasteiger partial charge in [-0.25, -0.2) is 4.39 Å². The topological polar surface area (TPSA) is 45.0 Å². The highest BCUT2D eigenvalue weighted by Gasteiger charge is 2.15. The van der Waals surface area contributed by atoms with Gasteiger partial charge < -0.3 is 10.1 Å². The summed E-state index contributed by atoms with van der Waals surface area (Å²) in [6.07, 6.45) is 0. The predicted octanol–water partition coefficient (Wildman–Crippen LogP) is 4.53. The van der Waals surface area contributed by atoms with Crippen LogP contribution in [-0.2, 0) is 0 Å². The minimum Gasteiger partial charge on any atom is -0.455 e. The minimum absolute atomic E-state index is 0.0622. The number of nitriles is 1. The van der Waals surface area contributed by atoms with E-state index in [0.717, 1.165) is 10.0 Å². The summed E-state index contributed by atoms with van der Waals surface area (Å²) < 4.78 is 20.3. The van der Waals surface area contributed by atoms with Gasteiger partial charge in [0, 0.05) is 16.1 Å².